The first-order chi connectivity index (χ1) is 8.91. The molecule has 0 radical (unpaired) electrons. The van der Waals surface area contributed by atoms with Crippen molar-refractivity contribution in [2.75, 3.05) is 18.0 Å². The van der Waals surface area contributed by atoms with E-state index in [2.05, 4.69) is 9.47 Å². The van der Waals surface area contributed by atoms with Crippen molar-refractivity contribution >= 4 is 5.69 Å². The molecule has 19 heavy (non-hydrogen) atoms. The van der Waals surface area contributed by atoms with E-state index < -0.39 is 12.2 Å². The van der Waals surface area contributed by atoms with Gasteiger partial charge in [-0.2, -0.15) is 17.6 Å². The summed E-state index contributed by atoms with van der Waals surface area (Å²) in [5, 5.41) is 0. The highest BCUT2D eigenvalue weighted by molar-refractivity contribution is 5.66. The third-order valence-electron chi connectivity index (χ3n) is 3.21. The lowest BCUT2D eigenvalue weighted by atomic mass is 10.2. The van der Waals surface area contributed by atoms with Gasteiger partial charge in [0.2, 0.25) is 0 Å². The fourth-order valence-electron chi connectivity index (χ4n) is 2.28. The van der Waals surface area contributed by atoms with Gasteiger partial charge >= 0.3 is 12.2 Å². The number of alkyl halides is 4. The molecular weight excluding hydrogens is 266 g/mol. The molecule has 2 heterocycles. The number of halogens is 4. The summed E-state index contributed by atoms with van der Waals surface area (Å²) >= 11 is 0. The molecule has 0 spiro atoms. The van der Waals surface area contributed by atoms with E-state index in [9.17, 15) is 17.6 Å². The molecule has 0 bridgehead atoms. The number of para-hydroxylation sites is 1. The lowest BCUT2D eigenvalue weighted by Gasteiger charge is -2.34. The Morgan fingerprint density at radius 2 is 1.58 bits per heavy atom. The fraction of sp³-hybridized carbons (Fsp3) is 0.500. The van der Waals surface area contributed by atoms with Crippen LogP contribution in [0.15, 0.2) is 18.2 Å². The largest absolute Gasteiger partial charge is 0.507 e. The molecule has 104 valence electrons. The molecule has 0 saturated carbocycles. The Hall–Kier alpha value is -1.66. The first kappa shape index (κ1) is 12.4. The minimum Gasteiger partial charge on any atom is -0.421 e. The number of fused-ring (bicyclic) bond motifs is 1. The summed E-state index contributed by atoms with van der Waals surface area (Å²) < 4.78 is 60.9. The van der Waals surface area contributed by atoms with Gasteiger partial charge in [0.05, 0.1) is 5.69 Å². The minimum atomic E-state index is -4.67. The number of anilines is 1. The number of rotatable bonds is 1. The maximum Gasteiger partial charge on any atom is 0.507 e. The molecule has 0 N–H and O–H groups in total. The summed E-state index contributed by atoms with van der Waals surface area (Å²) in [6.45, 7) is 1.36. The molecule has 7 heteroatoms. The Morgan fingerprint density at radius 3 is 2.26 bits per heavy atom. The zero-order valence-electron chi connectivity index (χ0n) is 9.84. The van der Waals surface area contributed by atoms with Crippen LogP contribution in [0.25, 0.3) is 0 Å². The van der Waals surface area contributed by atoms with Crippen molar-refractivity contribution in [2.24, 2.45) is 0 Å². The van der Waals surface area contributed by atoms with Crippen molar-refractivity contribution in [3.8, 4) is 11.5 Å². The van der Waals surface area contributed by atoms with Crippen molar-refractivity contribution in [3.05, 3.63) is 18.2 Å². The number of benzene rings is 1. The molecule has 0 aliphatic carbocycles. The quantitative estimate of drug-likeness (QED) is 0.735. The molecule has 0 unspecified atom stereocenters. The van der Waals surface area contributed by atoms with Gasteiger partial charge < -0.3 is 14.4 Å². The maximum atomic E-state index is 13.2. The average Bonchev–Trinajstić information content (AvgIpc) is 2.82. The summed E-state index contributed by atoms with van der Waals surface area (Å²) in [5.74, 6) is -0.680. The molecule has 1 saturated heterocycles. The molecule has 1 fully saturated rings. The zero-order valence-corrected chi connectivity index (χ0v) is 9.84. The number of hydrogen-bond donors (Lipinski definition) is 0. The van der Waals surface area contributed by atoms with Crippen molar-refractivity contribution in [2.45, 2.75) is 25.1 Å². The van der Waals surface area contributed by atoms with E-state index >= 15 is 0 Å². The number of nitrogens with zero attached hydrogens (tertiary/aromatic N) is 1. The molecule has 0 aromatic heterocycles. The van der Waals surface area contributed by atoms with Gasteiger partial charge in [0.15, 0.2) is 11.5 Å². The first-order valence-corrected chi connectivity index (χ1v) is 5.92. The van der Waals surface area contributed by atoms with Gasteiger partial charge in [0.1, 0.15) is 0 Å². The standard InChI is InChI=1S/C12H11F4NO2/c13-11(14)12(15,16)19-10-8(17-6-1-2-7-17)4-3-5-9(10)18-11/h3-5H,1-2,6-7H2. The van der Waals surface area contributed by atoms with E-state index in [1.807, 2.05) is 4.90 Å². The number of ether oxygens (including phenoxy) is 2. The topological polar surface area (TPSA) is 21.7 Å². The van der Waals surface area contributed by atoms with E-state index in [1.165, 1.54) is 12.1 Å². The van der Waals surface area contributed by atoms with Crippen LogP contribution < -0.4 is 14.4 Å². The van der Waals surface area contributed by atoms with Crippen molar-refractivity contribution < 1.29 is 27.0 Å². The molecule has 2 aliphatic heterocycles. The van der Waals surface area contributed by atoms with E-state index in [0.29, 0.717) is 18.8 Å². The van der Waals surface area contributed by atoms with Crippen LogP contribution in [0.1, 0.15) is 12.8 Å². The Kier molecular flexibility index (Phi) is 2.55. The molecule has 0 atom stereocenters. The monoisotopic (exact) mass is 277 g/mol. The second-order valence-electron chi connectivity index (χ2n) is 4.54. The summed E-state index contributed by atoms with van der Waals surface area (Å²) in [4.78, 5) is 1.82. The Balaban J connectivity index is 2.04. The average molecular weight is 277 g/mol. The van der Waals surface area contributed by atoms with Crippen LogP contribution in [0.3, 0.4) is 0 Å². The Labute approximate surface area is 106 Å². The fourth-order valence-corrected chi connectivity index (χ4v) is 2.28. The summed E-state index contributed by atoms with van der Waals surface area (Å²) in [5.41, 5.74) is 0.366. The molecule has 3 rings (SSSR count). The highest BCUT2D eigenvalue weighted by Crippen LogP contribution is 2.50. The summed E-state index contributed by atoms with van der Waals surface area (Å²) in [6.07, 6.45) is -7.48. The van der Waals surface area contributed by atoms with Gasteiger partial charge in [-0.1, -0.05) is 6.07 Å². The lowest BCUT2D eigenvalue weighted by Crippen LogP contribution is -2.52. The Bertz CT molecular complexity index is 501. The molecule has 1 aromatic rings. The van der Waals surface area contributed by atoms with Crippen LogP contribution in [-0.4, -0.2) is 25.3 Å². The predicted octanol–water partition coefficient (Wildman–Crippen LogP) is 3.24. The van der Waals surface area contributed by atoms with Crippen LogP contribution in [0.4, 0.5) is 23.2 Å². The van der Waals surface area contributed by atoms with Gasteiger partial charge in [-0.3, -0.25) is 0 Å². The van der Waals surface area contributed by atoms with E-state index in [4.69, 9.17) is 0 Å². The van der Waals surface area contributed by atoms with Crippen molar-refractivity contribution in [1.29, 1.82) is 0 Å². The zero-order chi connectivity index (χ0) is 13.7. The number of hydrogen-bond acceptors (Lipinski definition) is 3. The summed E-state index contributed by atoms with van der Waals surface area (Å²) in [7, 11) is 0. The molecule has 2 aliphatic rings. The van der Waals surface area contributed by atoms with Crippen LogP contribution in [0.5, 0.6) is 11.5 Å². The first-order valence-electron chi connectivity index (χ1n) is 5.92. The molecule has 0 amide bonds. The van der Waals surface area contributed by atoms with Gasteiger partial charge in [-0.25, -0.2) is 0 Å². The van der Waals surface area contributed by atoms with Crippen LogP contribution in [-0.2, 0) is 0 Å². The summed E-state index contributed by atoms with van der Waals surface area (Å²) in [6, 6.07) is 4.24. The SMILES string of the molecule is FC1(F)Oc2cccc(N3CCCC3)c2OC1(F)F. The van der Waals surface area contributed by atoms with Crippen LogP contribution in [0, 0.1) is 0 Å². The van der Waals surface area contributed by atoms with E-state index in [-0.39, 0.29) is 11.5 Å². The highest BCUT2D eigenvalue weighted by Gasteiger charge is 2.66. The third kappa shape index (κ3) is 1.87. The van der Waals surface area contributed by atoms with Gasteiger partial charge in [0, 0.05) is 13.1 Å². The highest BCUT2D eigenvalue weighted by atomic mass is 19.3. The second kappa shape index (κ2) is 3.91. The van der Waals surface area contributed by atoms with Crippen molar-refractivity contribution in [3.63, 3.8) is 0 Å². The Morgan fingerprint density at radius 1 is 0.947 bits per heavy atom. The van der Waals surface area contributed by atoms with Gasteiger partial charge in [0.25, 0.3) is 0 Å². The normalized spacial score (nSPS) is 23.5. The minimum absolute atomic E-state index is 0.319. The van der Waals surface area contributed by atoms with E-state index in [1.54, 1.807) is 6.07 Å². The van der Waals surface area contributed by atoms with Crippen molar-refractivity contribution in [1.82, 2.24) is 0 Å². The smallest absolute Gasteiger partial charge is 0.421 e. The molecule has 3 nitrogen and oxygen atoms in total. The van der Waals surface area contributed by atoms with E-state index in [0.717, 1.165) is 12.8 Å². The van der Waals surface area contributed by atoms with Gasteiger partial charge in [-0.05, 0) is 25.0 Å². The molecular formula is C12H11F4NO2. The van der Waals surface area contributed by atoms with Crippen LogP contribution in [0.2, 0.25) is 0 Å². The molecule has 1 aromatic carbocycles. The third-order valence-corrected chi connectivity index (χ3v) is 3.21. The van der Waals surface area contributed by atoms with Gasteiger partial charge in [-0.15, -0.1) is 0 Å². The second-order valence-corrected chi connectivity index (χ2v) is 4.54. The predicted molar refractivity (Wildman–Crippen MR) is 59.0 cm³/mol. The lowest BCUT2D eigenvalue weighted by molar-refractivity contribution is -0.391. The maximum absolute atomic E-state index is 13.2. The van der Waals surface area contributed by atoms with Crippen LogP contribution >= 0.6 is 0 Å².